The summed E-state index contributed by atoms with van der Waals surface area (Å²) in [5, 5.41) is 19.5. The molecule has 77 heavy (non-hydrogen) atoms. The Morgan fingerprint density at radius 1 is 0.182 bits per heavy atom. The van der Waals surface area contributed by atoms with Crippen LogP contribution in [-0.4, -0.2) is 0 Å². The van der Waals surface area contributed by atoms with Crippen molar-refractivity contribution in [3.63, 3.8) is 0 Å². The molecule has 1 nitrogen and oxygen atoms in total. The fraction of sp³-hybridized carbons (Fsp3) is 0. The van der Waals surface area contributed by atoms with E-state index in [2.05, 4.69) is 273 Å². The molecule has 15 aromatic carbocycles. The van der Waals surface area contributed by atoms with Gasteiger partial charge in [0.25, 0.3) is 0 Å². The van der Waals surface area contributed by atoms with Gasteiger partial charge < -0.3 is 4.42 Å². The standard InChI is InChI=1S/C76H46O/c1-2-19-50-46-51(41-36-47(50)18-1)73-62-27-9-7-25-60(62)72(61-26-8-10-28-63(61)73)49-39-37-48(38-40-49)52-42-43-57(54-21-4-3-20-53(52)54)58-44-45-68(56-23-6-5-22-55(56)58)74-64-29-11-13-31-66(64)75(67-32-14-12-30-65(67)74)70-34-17-33-69-59-24-15-16-35-71(59)77-76(69)70/h1-46H. The number of para-hydroxylation sites is 2. The van der Waals surface area contributed by atoms with Crippen LogP contribution in [0.15, 0.2) is 283 Å². The summed E-state index contributed by atoms with van der Waals surface area (Å²) < 4.78 is 6.70. The van der Waals surface area contributed by atoms with Gasteiger partial charge in [-0.2, -0.15) is 0 Å². The first-order chi connectivity index (χ1) is 38.2. The highest BCUT2D eigenvalue weighted by Crippen LogP contribution is 2.50. The molecule has 1 heteroatoms. The molecule has 0 fully saturated rings. The van der Waals surface area contributed by atoms with Gasteiger partial charge in [-0.1, -0.05) is 267 Å². The first kappa shape index (κ1) is 43.3. The van der Waals surface area contributed by atoms with Gasteiger partial charge >= 0.3 is 0 Å². The van der Waals surface area contributed by atoms with E-state index in [1.54, 1.807) is 0 Å². The van der Waals surface area contributed by atoms with Crippen molar-refractivity contribution in [2.45, 2.75) is 0 Å². The third-order valence-electron chi connectivity index (χ3n) is 16.5. The van der Waals surface area contributed by atoms with Crippen molar-refractivity contribution in [2.75, 3.05) is 0 Å². The molecule has 0 radical (unpaired) electrons. The Morgan fingerprint density at radius 2 is 0.545 bits per heavy atom. The van der Waals surface area contributed by atoms with Gasteiger partial charge in [-0.3, -0.25) is 0 Å². The van der Waals surface area contributed by atoms with Gasteiger partial charge in [0.2, 0.25) is 0 Å². The largest absolute Gasteiger partial charge is 0.455 e. The zero-order valence-corrected chi connectivity index (χ0v) is 42.0. The highest BCUT2D eigenvalue weighted by atomic mass is 16.3. The van der Waals surface area contributed by atoms with Crippen LogP contribution in [0, 0.1) is 0 Å². The molecule has 0 atom stereocenters. The molecule has 0 amide bonds. The van der Waals surface area contributed by atoms with Crippen LogP contribution in [0.3, 0.4) is 0 Å². The molecule has 0 aliphatic carbocycles. The second-order valence-electron chi connectivity index (χ2n) is 20.5. The van der Waals surface area contributed by atoms with Crippen molar-refractivity contribution in [1.29, 1.82) is 0 Å². The van der Waals surface area contributed by atoms with Crippen LogP contribution in [0.25, 0.3) is 164 Å². The van der Waals surface area contributed by atoms with E-state index in [1.807, 2.05) is 6.07 Å². The minimum atomic E-state index is 0.904. The van der Waals surface area contributed by atoms with E-state index in [9.17, 15) is 0 Å². The van der Waals surface area contributed by atoms with Gasteiger partial charge in [0.1, 0.15) is 11.2 Å². The molecule has 0 saturated carbocycles. The fourth-order valence-corrected chi connectivity index (χ4v) is 13.1. The maximum atomic E-state index is 6.70. The Morgan fingerprint density at radius 3 is 1.10 bits per heavy atom. The molecule has 16 aromatic rings. The van der Waals surface area contributed by atoms with E-state index in [1.165, 1.54) is 137 Å². The molecular formula is C76H46O. The van der Waals surface area contributed by atoms with Crippen LogP contribution >= 0.6 is 0 Å². The molecule has 0 bridgehead atoms. The average Bonchev–Trinajstić information content (AvgIpc) is 3.90. The molecule has 0 spiro atoms. The Labute approximate surface area is 445 Å². The Kier molecular flexibility index (Phi) is 9.71. The van der Waals surface area contributed by atoms with Crippen LogP contribution in [0.5, 0.6) is 0 Å². The molecule has 1 aromatic heterocycles. The van der Waals surface area contributed by atoms with Gasteiger partial charge in [0.05, 0.1) is 0 Å². The van der Waals surface area contributed by atoms with E-state index in [-0.39, 0.29) is 0 Å². The van der Waals surface area contributed by atoms with Crippen molar-refractivity contribution in [3.05, 3.63) is 279 Å². The number of benzene rings is 15. The summed E-state index contributed by atoms with van der Waals surface area (Å²) >= 11 is 0. The summed E-state index contributed by atoms with van der Waals surface area (Å²) in [7, 11) is 0. The maximum Gasteiger partial charge on any atom is 0.143 e. The van der Waals surface area contributed by atoms with Crippen molar-refractivity contribution < 1.29 is 4.42 Å². The summed E-state index contributed by atoms with van der Waals surface area (Å²) in [6.07, 6.45) is 0. The van der Waals surface area contributed by atoms with Crippen LogP contribution in [0.2, 0.25) is 0 Å². The zero-order chi connectivity index (χ0) is 50.6. The first-order valence-electron chi connectivity index (χ1n) is 26.7. The maximum absolute atomic E-state index is 6.70. The highest BCUT2D eigenvalue weighted by Gasteiger charge is 2.23. The lowest BCUT2D eigenvalue weighted by atomic mass is 9.83. The second kappa shape index (κ2) is 17.2. The van der Waals surface area contributed by atoms with E-state index in [0.717, 1.165) is 27.5 Å². The van der Waals surface area contributed by atoms with E-state index < -0.39 is 0 Å². The summed E-state index contributed by atoms with van der Waals surface area (Å²) in [5.41, 5.74) is 16.4. The van der Waals surface area contributed by atoms with Crippen LogP contribution in [0.1, 0.15) is 0 Å². The quantitative estimate of drug-likeness (QED) is 0.151. The first-order valence-corrected chi connectivity index (χ1v) is 26.7. The van der Waals surface area contributed by atoms with Crippen molar-refractivity contribution in [2.24, 2.45) is 0 Å². The summed E-state index contributed by atoms with van der Waals surface area (Å²) in [6.45, 7) is 0. The van der Waals surface area contributed by atoms with Crippen molar-refractivity contribution >= 4 is 97.3 Å². The topological polar surface area (TPSA) is 13.1 Å². The lowest BCUT2D eigenvalue weighted by Gasteiger charge is -2.20. The second-order valence-corrected chi connectivity index (χ2v) is 20.5. The van der Waals surface area contributed by atoms with Crippen LogP contribution in [-0.2, 0) is 0 Å². The third-order valence-corrected chi connectivity index (χ3v) is 16.5. The number of rotatable bonds is 6. The van der Waals surface area contributed by atoms with E-state index >= 15 is 0 Å². The Balaban J connectivity index is 0.821. The minimum absolute atomic E-state index is 0.904. The molecule has 356 valence electrons. The molecule has 0 unspecified atom stereocenters. The smallest absolute Gasteiger partial charge is 0.143 e. The van der Waals surface area contributed by atoms with Gasteiger partial charge in [0, 0.05) is 21.9 Å². The Bertz CT molecular complexity index is 4980. The highest BCUT2D eigenvalue weighted by molar-refractivity contribution is 6.27. The third kappa shape index (κ3) is 6.67. The normalized spacial score (nSPS) is 11.9. The SMILES string of the molecule is c1ccc2cc(-c3c4ccccc4c(-c4ccc(-c5ccc(-c6ccc(-c7c8ccccc8c(-c8cccc9c8oc8ccccc89)c8ccccc78)c7ccccc67)c6ccccc56)cc4)c4ccccc34)ccc2c1. The van der Waals surface area contributed by atoms with Crippen molar-refractivity contribution in [3.8, 4) is 66.8 Å². The monoisotopic (exact) mass is 974 g/mol. The average molecular weight is 975 g/mol. The molecule has 0 saturated heterocycles. The number of fused-ring (bicyclic) bond motifs is 10. The predicted octanol–water partition coefficient (Wildman–Crippen LogP) is 21.7. The summed E-state index contributed by atoms with van der Waals surface area (Å²) in [6, 6.07) is 103. The molecular weight excluding hydrogens is 929 g/mol. The van der Waals surface area contributed by atoms with Gasteiger partial charge in [-0.05, 0) is 143 Å². The molecule has 0 aliphatic heterocycles. The number of hydrogen-bond donors (Lipinski definition) is 0. The van der Waals surface area contributed by atoms with Crippen LogP contribution < -0.4 is 0 Å². The summed E-state index contributed by atoms with van der Waals surface area (Å²) in [4.78, 5) is 0. The molecule has 0 N–H and O–H groups in total. The van der Waals surface area contributed by atoms with Gasteiger partial charge in [-0.25, -0.2) is 0 Å². The lowest BCUT2D eigenvalue weighted by Crippen LogP contribution is -1.93. The lowest BCUT2D eigenvalue weighted by molar-refractivity contribution is 0.670. The van der Waals surface area contributed by atoms with Crippen molar-refractivity contribution in [1.82, 2.24) is 0 Å². The zero-order valence-electron chi connectivity index (χ0n) is 42.0. The number of furan rings is 1. The van der Waals surface area contributed by atoms with Crippen LogP contribution in [0.4, 0.5) is 0 Å². The molecule has 0 aliphatic rings. The van der Waals surface area contributed by atoms with Gasteiger partial charge in [0.15, 0.2) is 0 Å². The predicted molar refractivity (Wildman–Crippen MR) is 329 cm³/mol. The number of hydrogen-bond acceptors (Lipinski definition) is 1. The molecule has 16 rings (SSSR count). The van der Waals surface area contributed by atoms with Gasteiger partial charge in [-0.15, -0.1) is 0 Å². The fourth-order valence-electron chi connectivity index (χ4n) is 13.1. The summed E-state index contributed by atoms with van der Waals surface area (Å²) in [5.74, 6) is 0. The van der Waals surface area contributed by atoms with E-state index in [0.29, 0.717) is 0 Å². The molecule has 1 heterocycles. The van der Waals surface area contributed by atoms with E-state index in [4.69, 9.17) is 4.42 Å². The minimum Gasteiger partial charge on any atom is -0.455 e. The Hall–Kier alpha value is -10.1.